The zero-order valence-electron chi connectivity index (χ0n) is 10.7. The third-order valence-electron chi connectivity index (χ3n) is 2.88. The summed E-state index contributed by atoms with van der Waals surface area (Å²) in [7, 11) is -8.83. The molecule has 0 bridgehead atoms. The molecule has 0 amide bonds. The first-order valence-corrected chi connectivity index (χ1v) is 8.68. The van der Waals surface area contributed by atoms with E-state index in [4.69, 9.17) is 0 Å². The molecule has 0 saturated heterocycles. The van der Waals surface area contributed by atoms with Crippen LogP contribution in [0.2, 0.25) is 0 Å². The molecule has 2 aromatic carbocycles. The van der Waals surface area contributed by atoms with Crippen molar-refractivity contribution in [2.24, 2.45) is 0 Å². The summed E-state index contributed by atoms with van der Waals surface area (Å²) in [6, 6.07) is 11.4. The van der Waals surface area contributed by atoms with Crippen molar-refractivity contribution in [3.8, 4) is 0 Å². The second kappa shape index (κ2) is 5.57. The molecule has 0 spiro atoms. The molecule has 8 heteroatoms. The predicted octanol–water partition coefficient (Wildman–Crippen LogP) is 1.77. The molecule has 112 valence electrons. The molecule has 2 aromatic rings. The fourth-order valence-electron chi connectivity index (χ4n) is 2.01. The smallest absolute Gasteiger partial charge is 0.282 e. The van der Waals surface area contributed by atoms with Crippen molar-refractivity contribution in [2.75, 3.05) is 0 Å². The highest BCUT2D eigenvalue weighted by atomic mass is 32.2. The minimum Gasteiger partial charge on any atom is -0.282 e. The summed E-state index contributed by atoms with van der Waals surface area (Å²) >= 11 is 0. The van der Waals surface area contributed by atoms with Crippen LogP contribution in [0.15, 0.2) is 58.3 Å². The predicted molar refractivity (Wildman–Crippen MR) is 75.3 cm³/mol. The van der Waals surface area contributed by atoms with Gasteiger partial charge in [0.1, 0.15) is 0 Å². The monoisotopic (exact) mass is 328 g/mol. The molecule has 0 heterocycles. The van der Waals surface area contributed by atoms with Gasteiger partial charge in [-0.25, -0.2) is 0 Å². The third-order valence-corrected chi connectivity index (χ3v) is 4.79. The lowest BCUT2D eigenvalue weighted by atomic mass is 10.1. The molecule has 0 atom stereocenters. The van der Waals surface area contributed by atoms with Gasteiger partial charge < -0.3 is 0 Å². The molecule has 2 N–H and O–H groups in total. The summed E-state index contributed by atoms with van der Waals surface area (Å²) in [5, 5.41) is 0. The number of rotatable bonds is 4. The first-order valence-electron chi connectivity index (χ1n) is 5.80. The average molecular weight is 328 g/mol. The maximum absolute atomic E-state index is 11.3. The van der Waals surface area contributed by atoms with E-state index in [2.05, 4.69) is 0 Å². The summed E-state index contributed by atoms with van der Waals surface area (Å²) in [5.74, 6) is 0. The highest BCUT2D eigenvalue weighted by molar-refractivity contribution is 7.86. The zero-order chi connectivity index (χ0) is 15.7. The van der Waals surface area contributed by atoms with Gasteiger partial charge in [-0.2, -0.15) is 16.8 Å². The van der Waals surface area contributed by atoms with Crippen LogP contribution in [-0.2, 0) is 26.7 Å². The Morgan fingerprint density at radius 2 is 1.00 bits per heavy atom. The lowest BCUT2D eigenvalue weighted by molar-refractivity contribution is 0.481. The molecule has 0 fully saturated rings. The van der Waals surface area contributed by atoms with Crippen LogP contribution in [0.5, 0.6) is 0 Å². The van der Waals surface area contributed by atoms with E-state index in [1.54, 1.807) is 12.1 Å². The van der Waals surface area contributed by atoms with Crippen LogP contribution in [0.3, 0.4) is 0 Å². The van der Waals surface area contributed by atoms with Crippen LogP contribution in [0.1, 0.15) is 11.1 Å². The van der Waals surface area contributed by atoms with Crippen molar-refractivity contribution in [2.45, 2.75) is 16.2 Å². The molecule has 0 radical (unpaired) electrons. The molecular formula is C13H12O6S2. The van der Waals surface area contributed by atoms with Crippen molar-refractivity contribution >= 4 is 20.2 Å². The Balaban J connectivity index is 2.56. The van der Waals surface area contributed by atoms with E-state index in [0.29, 0.717) is 0 Å². The van der Waals surface area contributed by atoms with Gasteiger partial charge in [0, 0.05) is 6.42 Å². The van der Waals surface area contributed by atoms with E-state index in [1.807, 2.05) is 0 Å². The summed E-state index contributed by atoms with van der Waals surface area (Å²) in [6.07, 6.45) is -0.0636. The third kappa shape index (κ3) is 3.67. The molecular weight excluding hydrogens is 316 g/mol. The van der Waals surface area contributed by atoms with Crippen molar-refractivity contribution in [3.63, 3.8) is 0 Å². The molecule has 21 heavy (non-hydrogen) atoms. The summed E-state index contributed by atoms with van der Waals surface area (Å²) < 4.78 is 63.6. The van der Waals surface area contributed by atoms with Gasteiger partial charge >= 0.3 is 0 Å². The highest BCUT2D eigenvalue weighted by Gasteiger charge is 2.19. The number of hydrogen-bond donors (Lipinski definition) is 2. The van der Waals surface area contributed by atoms with Crippen LogP contribution in [0.25, 0.3) is 0 Å². The minimum absolute atomic E-state index is 0.0636. The van der Waals surface area contributed by atoms with E-state index >= 15 is 0 Å². The van der Waals surface area contributed by atoms with E-state index in [0.717, 1.165) is 0 Å². The SMILES string of the molecule is O=S(=O)(O)c1ccccc1Cc1ccccc1S(=O)(=O)O. The quantitative estimate of drug-likeness (QED) is 0.828. The van der Waals surface area contributed by atoms with Crippen molar-refractivity contribution < 1.29 is 25.9 Å². The van der Waals surface area contributed by atoms with Crippen LogP contribution in [0.4, 0.5) is 0 Å². The Labute approximate surface area is 122 Å². The molecule has 0 saturated carbocycles. The van der Waals surface area contributed by atoms with Gasteiger partial charge in [0.25, 0.3) is 20.2 Å². The molecule has 0 unspecified atom stereocenters. The van der Waals surface area contributed by atoms with Gasteiger partial charge in [-0.15, -0.1) is 0 Å². The maximum atomic E-state index is 11.3. The number of hydrogen-bond acceptors (Lipinski definition) is 4. The van der Waals surface area contributed by atoms with Gasteiger partial charge in [-0.3, -0.25) is 9.11 Å². The lowest BCUT2D eigenvalue weighted by Gasteiger charge is -2.09. The Hall–Kier alpha value is -1.74. The largest absolute Gasteiger partial charge is 0.294 e. The van der Waals surface area contributed by atoms with Gasteiger partial charge in [0.15, 0.2) is 0 Å². The molecule has 6 nitrogen and oxygen atoms in total. The van der Waals surface area contributed by atoms with Gasteiger partial charge in [0.05, 0.1) is 9.79 Å². The van der Waals surface area contributed by atoms with Crippen LogP contribution in [0, 0.1) is 0 Å². The standard InChI is InChI=1S/C13H12O6S2/c14-20(15,16)12-7-3-1-5-10(12)9-11-6-2-4-8-13(11)21(17,18)19/h1-8H,9H2,(H,14,15,16)(H,17,18,19). The second-order valence-electron chi connectivity index (χ2n) is 4.34. The number of benzene rings is 2. The summed E-state index contributed by atoms with van der Waals surface area (Å²) in [6.45, 7) is 0. The minimum atomic E-state index is -4.41. The highest BCUT2D eigenvalue weighted by Crippen LogP contribution is 2.23. The summed E-state index contributed by atoms with van der Waals surface area (Å²) in [4.78, 5) is -0.592. The lowest BCUT2D eigenvalue weighted by Crippen LogP contribution is -2.07. The molecule has 0 aliphatic heterocycles. The fraction of sp³-hybridized carbons (Fsp3) is 0.0769. The molecule has 0 aliphatic rings. The Kier molecular flexibility index (Phi) is 4.15. The maximum Gasteiger partial charge on any atom is 0.294 e. The van der Waals surface area contributed by atoms with Gasteiger partial charge in [0.2, 0.25) is 0 Å². The zero-order valence-corrected chi connectivity index (χ0v) is 12.3. The summed E-state index contributed by atoms with van der Waals surface area (Å²) in [5.41, 5.74) is 0.465. The van der Waals surface area contributed by atoms with Crippen molar-refractivity contribution in [1.82, 2.24) is 0 Å². The van der Waals surface area contributed by atoms with E-state index in [1.165, 1.54) is 36.4 Å². The Bertz CT molecular complexity index is 796. The van der Waals surface area contributed by atoms with Gasteiger partial charge in [-0.1, -0.05) is 36.4 Å². The van der Waals surface area contributed by atoms with Crippen molar-refractivity contribution in [3.05, 3.63) is 59.7 Å². The second-order valence-corrected chi connectivity index (χ2v) is 7.12. The molecule has 0 aliphatic carbocycles. The Morgan fingerprint density at radius 3 is 1.33 bits per heavy atom. The van der Waals surface area contributed by atoms with Crippen LogP contribution >= 0.6 is 0 Å². The van der Waals surface area contributed by atoms with Crippen LogP contribution in [-0.4, -0.2) is 25.9 Å². The van der Waals surface area contributed by atoms with Crippen LogP contribution < -0.4 is 0 Å². The average Bonchev–Trinajstić information content (AvgIpc) is 2.37. The Morgan fingerprint density at radius 1 is 0.667 bits per heavy atom. The first-order chi connectivity index (χ1) is 9.69. The normalized spacial score (nSPS) is 12.3. The van der Waals surface area contributed by atoms with Gasteiger partial charge in [-0.05, 0) is 23.3 Å². The van der Waals surface area contributed by atoms with Crippen molar-refractivity contribution in [1.29, 1.82) is 0 Å². The molecule has 0 aromatic heterocycles. The first kappa shape index (κ1) is 15.6. The van der Waals surface area contributed by atoms with E-state index < -0.39 is 20.2 Å². The fourth-order valence-corrected chi connectivity index (χ4v) is 3.45. The van der Waals surface area contributed by atoms with E-state index in [-0.39, 0.29) is 27.3 Å². The topological polar surface area (TPSA) is 109 Å². The van der Waals surface area contributed by atoms with E-state index in [9.17, 15) is 25.9 Å². The molecule has 2 rings (SSSR count).